The molecule has 2 rings (SSSR count). The van der Waals surface area contributed by atoms with Crippen molar-refractivity contribution < 1.29 is 4.79 Å². The van der Waals surface area contributed by atoms with Gasteiger partial charge in [0.1, 0.15) is 0 Å². The Morgan fingerprint density at radius 3 is 1.68 bits per heavy atom. The summed E-state index contributed by atoms with van der Waals surface area (Å²) < 4.78 is 0. The van der Waals surface area contributed by atoms with Crippen molar-refractivity contribution in [3.8, 4) is 0 Å². The molecule has 0 radical (unpaired) electrons. The Morgan fingerprint density at radius 1 is 0.818 bits per heavy atom. The van der Waals surface area contributed by atoms with Gasteiger partial charge in [0.2, 0.25) is 6.41 Å². The van der Waals surface area contributed by atoms with Crippen molar-refractivity contribution in [1.29, 1.82) is 0 Å². The maximum absolute atomic E-state index is 10.8. The molecule has 0 heterocycles. The van der Waals surface area contributed by atoms with Gasteiger partial charge in [0.15, 0.2) is 0 Å². The lowest BCUT2D eigenvalue weighted by Gasteiger charge is -2.15. The number of hydrogen-bond acceptors (Lipinski definition) is 3. The fourth-order valence-corrected chi connectivity index (χ4v) is 4.27. The summed E-state index contributed by atoms with van der Waals surface area (Å²) in [7, 11) is 0. The van der Waals surface area contributed by atoms with Crippen LogP contribution in [0.2, 0.25) is 0 Å². The number of carbonyl (C=O) groups is 1. The summed E-state index contributed by atoms with van der Waals surface area (Å²) >= 11 is 3.73. The first-order chi connectivity index (χ1) is 10.9. The van der Waals surface area contributed by atoms with Crippen molar-refractivity contribution in [3.05, 3.63) is 71.8 Å². The van der Waals surface area contributed by atoms with Gasteiger partial charge in [-0.3, -0.25) is 4.79 Å². The van der Waals surface area contributed by atoms with Crippen LogP contribution in [0.5, 0.6) is 0 Å². The number of hydrogen-bond donors (Lipinski definition) is 1. The van der Waals surface area contributed by atoms with Gasteiger partial charge in [0, 0.05) is 29.1 Å². The van der Waals surface area contributed by atoms with Gasteiger partial charge < -0.3 is 5.32 Å². The first-order valence-corrected chi connectivity index (χ1v) is 9.62. The van der Waals surface area contributed by atoms with Crippen molar-refractivity contribution in [2.75, 3.05) is 11.5 Å². The average molecular weight is 332 g/mol. The molecule has 2 aromatic rings. The van der Waals surface area contributed by atoms with Gasteiger partial charge in [-0.05, 0) is 11.1 Å². The highest BCUT2D eigenvalue weighted by molar-refractivity contribution is 7.99. The Bertz CT molecular complexity index is 488. The molecule has 0 aliphatic carbocycles. The number of nitrogens with one attached hydrogen (secondary N) is 1. The van der Waals surface area contributed by atoms with Crippen LogP contribution >= 0.6 is 23.5 Å². The Labute approximate surface area is 141 Å². The van der Waals surface area contributed by atoms with E-state index >= 15 is 0 Å². The molecule has 116 valence electrons. The molecular formula is C18H21NOS2. The number of thioether (sulfide) groups is 2. The normalized spacial score (nSPS) is 10.6. The molecule has 0 atom stereocenters. The maximum atomic E-state index is 10.8. The van der Waals surface area contributed by atoms with Gasteiger partial charge in [0.25, 0.3) is 0 Å². The Balaban J connectivity index is 1.69. The van der Waals surface area contributed by atoms with Gasteiger partial charge in [-0.25, -0.2) is 0 Å². The second-order valence-corrected chi connectivity index (χ2v) is 7.04. The smallest absolute Gasteiger partial charge is 0.207 e. The van der Waals surface area contributed by atoms with Crippen LogP contribution in [0.4, 0.5) is 0 Å². The van der Waals surface area contributed by atoms with Gasteiger partial charge in [-0.15, -0.1) is 0 Å². The molecule has 1 N–H and O–H groups in total. The van der Waals surface area contributed by atoms with Crippen LogP contribution in [-0.2, 0) is 16.3 Å². The minimum atomic E-state index is 0.222. The van der Waals surface area contributed by atoms with E-state index in [-0.39, 0.29) is 6.04 Å². The Hall–Kier alpha value is -1.39. The number of carbonyl (C=O) groups excluding carboxylic acids is 1. The number of benzene rings is 2. The lowest BCUT2D eigenvalue weighted by atomic mass is 10.2. The summed E-state index contributed by atoms with van der Waals surface area (Å²) in [5.74, 6) is 3.85. The standard InChI is InChI=1S/C18H21NOS2/c20-15-19-18(13-21-11-16-7-3-1-4-8-16)14-22-12-17-9-5-2-6-10-17/h1-10,15,18H,11-14H2,(H,19,20). The molecule has 4 heteroatoms. The molecule has 0 bridgehead atoms. The van der Waals surface area contributed by atoms with Crippen LogP contribution in [0.1, 0.15) is 11.1 Å². The highest BCUT2D eigenvalue weighted by Crippen LogP contribution is 2.17. The van der Waals surface area contributed by atoms with Crippen molar-refractivity contribution in [2.45, 2.75) is 17.5 Å². The zero-order chi connectivity index (χ0) is 15.5. The molecular weight excluding hydrogens is 310 g/mol. The van der Waals surface area contributed by atoms with Crippen LogP contribution in [0.15, 0.2) is 60.7 Å². The molecule has 0 aliphatic heterocycles. The lowest BCUT2D eigenvalue weighted by Crippen LogP contribution is -2.32. The summed E-state index contributed by atoms with van der Waals surface area (Å²) in [4.78, 5) is 10.8. The molecule has 2 aromatic carbocycles. The quantitative estimate of drug-likeness (QED) is 0.668. The predicted octanol–water partition coefficient (Wildman–Crippen LogP) is 3.97. The van der Waals surface area contributed by atoms with Gasteiger partial charge in [-0.1, -0.05) is 60.7 Å². The van der Waals surface area contributed by atoms with E-state index in [4.69, 9.17) is 0 Å². The van der Waals surface area contributed by atoms with E-state index in [0.29, 0.717) is 0 Å². The summed E-state index contributed by atoms with van der Waals surface area (Å²) in [6.45, 7) is 0. The molecule has 0 saturated carbocycles. The van der Waals surface area contributed by atoms with Crippen molar-refractivity contribution >= 4 is 29.9 Å². The van der Waals surface area contributed by atoms with Crippen LogP contribution in [0, 0.1) is 0 Å². The highest BCUT2D eigenvalue weighted by Gasteiger charge is 2.08. The predicted molar refractivity (Wildman–Crippen MR) is 98.2 cm³/mol. The summed E-state index contributed by atoms with van der Waals surface area (Å²) in [6.07, 6.45) is 0.816. The van der Waals surface area contributed by atoms with E-state index in [0.717, 1.165) is 29.4 Å². The molecule has 0 unspecified atom stereocenters. The molecule has 0 spiro atoms. The van der Waals surface area contributed by atoms with E-state index in [1.165, 1.54) is 11.1 Å². The molecule has 1 amide bonds. The minimum Gasteiger partial charge on any atom is -0.354 e. The molecule has 0 saturated heterocycles. The van der Waals surface area contributed by atoms with E-state index in [9.17, 15) is 4.79 Å². The van der Waals surface area contributed by atoms with Gasteiger partial charge in [0.05, 0.1) is 0 Å². The number of amides is 1. The SMILES string of the molecule is O=CNC(CSCc1ccccc1)CSCc1ccccc1. The first-order valence-electron chi connectivity index (χ1n) is 7.31. The largest absolute Gasteiger partial charge is 0.354 e. The van der Waals surface area contributed by atoms with Gasteiger partial charge in [-0.2, -0.15) is 23.5 Å². The maximum Gasteiger partial charge on any atom is 0.207 e. The summed E-state index contributed by atoms with van der Waals surface area (Å²) in [6, 6.07) is 21.1. The third kappa shape index (κ3) is 6.58. The molecule has 22 heavy (non-hydrogen) atoms. The minimum absolute atomic E-state index is 0.222. The monoisotopic (exact) mass is 331 g/mol. The molecule has 0 aromatic heterocycles. The Kier molecular flexibility index (Phi) is 7.99. The van der Waals surface area contributed by atoms with Gasteiger partial charge >= 0.3 is 0 Å². The zero-order valence-electron chi connectivity index (χ0n) is 12.5. The van der Waals surface area contributed by atoms with Crippen molar-refractivity contribution in [3.63, 3.8) is 0 Å². The fraction of sp³-hybridized carbons (Fsp3) is 0.278. The highest BCUT2D eigenvalue weighted by atomic mass is 32.2. The van der Waals surface area contributed by atoms with Crippen molar-refractivity contribution in [2.24, 2.45) is 0 Å². The van der Waals surface area contributed by atoms with E-state index in [1.807, 2.05) is 35.7 Å². The summed E-state index contributed by atoms with van der Waals surface area (Å²) in [5.41, 5.74) is 2.66. The van der Waals surface area contributed by atoms with E-state index < -0.39 is 0 Å². The first kappa shape index (κ1) is 17.0. The van der Waals surface area contributed by atoms with E-state index in [1.54, 1.807) is 0 Å². The topological polar surface area (TPSA) is 29.1 Å². The molecule has 2 nitrogen and oxygen atoms in total. The molecule has 0 fully saturated rings. The summed E-state index contributed by atoms with van der Waals surface area (Å²) in [5, 5.41) is 2.93. The number of rotatable bonds is 10. The van der Waals surface area contributed by atoms with Crippen LogP contribution in [-0.4, -0.2) is 24.0 Å². The molecule has 0 aliphatic rings. The third-order valence-electron chi connectivity index (χ3n) is 3.16. The van der Waals surface area contributed by atoms with Crippen LogP contribution in [0.25, 0.3) is 0 Å². The fourth-order valence-electron chi connectivity index (χ4n) is 2.03. The zero-order valence-corrected chi connectivity index (χ0v) is 14.1. The van der Waals surface area contributed by atoms with Crippen molar-refractivity contribution in [1.82, 2.24) is 5.32 Å². The third-order valence-corrected chi connectivity index (χ3v) is 5.52. The van der Waals surface area contributed by atoms with Crippen LogP contribution < -0.4 is 5.32 Å². The second-order valence-electron chi connectivity index (χ2n) is 4.98. The Morgan fingerprint density at radius 2 is 1.27 bits per heavy atom. The second kappa shape index (κ2) is 10.4. The average Bonchev–Trinajstić information content (AvgIpc) is 2.57. The lowest BCUT2D eigenvalue weighted by molar-refractivity contribution is -0.109. The van der Waals surface area contributed by atoms with Crippen LogP contribution in [0.3, 0.4) is 0 Å². The van der Waals surface area contributed by atoms with E-state index in [2.05, 4.69) is 53.8 Å².